The Kier molecular flexibility index (Phi) is 4.79. The largest absolute Gasteiger partial charge is 0.459 e. The molecular weight excluding hydrogens is 268 g/mol. The molecule has 2 N–H and O–H groups in total. The quantitative estimate of drug-likeness (QED) is 0.667. The van der Waals surface area contributed by atoms with Gasteiger partial charge in [0.2, 0.25) is 0 Å². The van der Waals surface area contributed by atoms with E-state index in [0.29, 0.717) is 16.6 Å². The third-order valence-corrected chi connectivity index (χ3v) is 3.09. The average Bonchev–Trinajstić information content (AvgIpc) is 3.00. The van der Waals surface area contributed by atoms with Crippen LogP contribution in [0.5, 0.6) is 0 Å². The van der Waals surface area contributed by atoms with E-state index in [1.54, 1.807) is 19.1 Å². The molecule has 0 bridgehead atoms. The van der Waals surface area contributed by atoms with E-state index in [1.165, 1.54) is 7.05 Å². The van der Waals surface area contributed by atoms with E-state index in [1.807, 2.05) is 42.5 Å². The van der Waals surface area contributed by atoms with Gasteiger partial charge in [0.05, 0.1) is 0 Å². The maximum Gasteiger partial charge on any atom is 0.341 e. The maximum atomic E-state index is 11.4. The molecule has 0 radical (unpaired) electrons. The van der Waals surface area contributed by atoms with Crippen molar-refractivity contribution >= 4 is 18.2 Å². The van der Waals surface area contributed by atoms with E-state index >= 15 is 0 Å². The molecule has 0 saturated carbocycles. The highest BCUT2D eigenvalue weighted by Crippen LogP contribution is 2.22. The van der Waals surface area contributed by atoms with E-state index in [2.05, 4.69) is 5.32 Å². The molecule has 21 heavy (non-hydrogen) atoms. The smallest absolute Gasteiger partial charge is 0.341 e. The number of rotatable bonds is 4. The lowest BCUT2D eigenvalue weighted by Gasteiger charge is -2.19. The Hall–Kier alpha value is -2.53. The second-order valence-corrected chi connectivity index (χ2v) is 4.56. The van der Waals surface area contributed by atoms with Gasteiger partial charge in [-0.05, 0) is 30.7 Å². The van der Waals surface area contributed by atoms with Gasteiger partial charge in [-0.1, -0.05) is 36.4 Å². The van der Waals surface area contributed by atoms with Gasteiger partial charge < -0.3 is 9.73 Å². The lowest BCUT2D eigenvalue weighted by Crippen LogP contribution is -2.37. The molecule has 0 aliphatic heterocycles. The van der Waals surface area contributed by atoms with Crippen LogP contribution in [-0.2, 0) is 0 Å². The number of amides is 2. The Morgan fingerprint density at radius 1 is 1.24 bits per heavy atom. The first-order valence-corrected chi connectivity index (χ1v) is 6.64. The van der Waals surface area contributed by atoms with Gasteiger partial charge in [-0.25, -0.2) is 4.79 Å². The van der Waals surface area contributed by atoms with E-state index < -0.39 is 12.1 Å². The van der Waals surface area contributed by atoms with Crippen molar-refractivity contribution < 1.29 is 14.4 Å². The fourth-order valence-electron chi connectivity index (χ4n) is 1.84. The van der Waals surface area contributed by atoms with Gasteiger partial charge >= 0.3 is 6.03 Å². The van der Waals surface area contributed by atoms with Crippen molar-refractivity contribution in [3.63, 3.8) is 0 Å². The SMILES string of the molecule is CNC(=O)N(O)C(C)c1ccc(C=Cc2ccccc2)o1. The predicted octanol–water partition coefficient (Wildman–Crippen LogP) is 3.54. The van der Waals surface area contributed by atoms with Crippen LogP contribution in [0.1, 0.15) is 30.0 Å². The van der Waals surface area contributed by atoms with Crippen LogP contribution >= 0.6 is 0 Å². The predicted molar refractivity (Wildman–Crippen MR) is 80.6 cm³/mol. The Bertz CT molecular complexity index is 619. The second-order valence-electron chi connectivity index (χ2n) is 4.56. The molecule has 1 aromatic heterocycles. The molecule has 1 aromatic carbocycles. The van der Waals surface area contributed by atoms with Crippen molar-refractivity contribution in [3.05, 3.63) is 59.5 Å². The summed E-state index contributed by atoms with van der Waals surface area (Å²) in [5.41, 5.74) is 1.07. The van der Waals surface area contributed by atoms with Crippen LogP contribution in [0.2, 0.25) is 0 Å². The molecule has 0 spiro atoms. The molecule has 0 fully saturated rings. The van der Waals surface area contributed by atoms with Crippen LogP contribution in [0.3, 0.4) is 0 Å². The van der Waals surface area contributed by atoms with Gasteiger partial charge in [-0.3, -0.25) is 5.21 Å². The van der Waals surface area contributed by atoms with Crippen molar-refractivity contribution in [1.29, 1.82) is 0 Å². The Morgan fingerprint density at radius 2 is 1.95 bits per heavy atom. The summed E-state index contributed by atoms with van der Waals surface area (Å²) in [7, 11) is 1.45. The third-order valence-electron chi connectivity index (χ3n) is 3.09. The number of hydroxylamine groups is 2. The summed E-state index contributed by atoms with van der Waals surface area (Å²) in [5.74, 6) is 1.17. The fraction of sp³-hybridized carbons (Fsp3) is 0.188. The summed E-state index contributed by atoms with van der Waals surface area (Å²) in [6.07, 6.45) is 3.77. The van der Waals surface area contributed by atoms with Crippen LogP contribution in [0.4, 0.5) is 4.79 Å². The number of furan rings is 1. The number of carbonyl (C=O) groups excluding carboxylic acids is 1. The van der Waals surface area contributed by atoms with Crippen molar-refractivity contribution in [2.24, 2.45) is 0 Å². The molecule has 0 saturated heterocycles. The average molecular weight is 286 g/mol. The fourth-order valence-corrected chi connectivity index (χ4v) is 1.84. The second kappa shape index (κ2) is 6.76. The normalized spacial score (nSPS) is 12.3. The summed E-state index contributed by atoms with van der Waals surface area (Å²) in [5, 5.41) is 12.7. The molecule has 2 amide bonds. The van der Waals surface area contributed by atoms with Crippen LogP contribution in [-0.4, -0.2) is 23.3 Å². The number of hydrogen-bond donors (Lipinski definition) is 2. The summed E-state index contributed by atoms with van der Waals surface area (Å²) < 4.78 is 5.61. The molecule has 1 heterocycles. The van der Waals surface area contributed by atoms with Crippen molar-refractivity contribution in [3.8, 4) is 0 Å². The Labute approximate surface area is 123 Å². The zero-order valence-corrected chi connectivity index (χ0v) is 12.0. The van der Waals surface area contributed by atoms with E-state index in [9.17, 15) is 10.0 Å². The molecule has 0 aliphatic carbocycles. The number of nitrogens with zero attached hydrogens (tertiary/aromatic N) is 1. The summed E-state index contributed by atoms with van der Waals surface area (Å²) in [6, 6.07) is 12.2. The van der Waals surface area contributed by atoms with Gasteiger partial charge in [0, 0.05) is 7.05 Å². The topological polar surface area (TPSA) is 65.7 Å². The first-order valence-electron chi connectivity index (χ1n) is 6.64. The molecule has 1 unspecified atom stereocenters. The molecule has 5 heteroatoms. The summed E-state index contributed by atoms with van der Waals surface area (Å²) in [4.78, 5) is 11.4. The van der Waals surface area contributed by atoms with E-state index in [-0.39, 0.29) is 0 Å². The van der Waals surface area contributed by atoms with Crippen LogP contribution in [0.25, 0.3) is 12.2 Å². The van der Waals surface area contributed by atoms with Crippen molar-refractivity contribution in [2.75, 3.05) is 7.05 Å². The Morgan fingerprint density at radius 3 is 2.62 bits per heavy atom. The minimum absolute atomic E-state index is 0.508. The monoisotopic (exact) mass is 286 g/mol. The van der Waals surface area contributed by atoms with Gasteiger partial charge in [0.15, 0.2) is 0 Å². The molecule has 110 valence electrons. The van der Waals surface area contributed by atoms with E-state index in [0.717, 1.165) is 5.56 Å². The first-order chi connectivity index (χ1) is 10.1. The minimum atomic E-state index is -0.583. The molecule has 1 atom stereocenters. The molecule has 2 aromatic rings. The van der Waals surface area contributed by atoms with Crippen LogP contribution in [0, 0.1) is 0 Å². The van der Waals surface area contributed by atoms with Crippen molar-refractivity contribution in [2.45, 2.75) is 13.0 Å². The van der Waals surface area contributed by atoms with Gasteiger partial charge in [0.1, 0.15) is 17.6 Å². The number of benzene rings is 1. The Balaban J connectivity index is 2.08. The first kappa shape index (κ1) is 14.9. The maximum absolute atomic E-state index is 11.4. The summed E-state index contributed by atoms with van der Waals surface area (Å²) >= 11 is 0. The van der Waals surface area contributed by atoms with Gasteiger partial charge in [-0.2, -0.15) is 5.06 Å². The molecule has 2 rings (SSSR count). The number of nitrogens with one attached hydrogen (secondary N) is 1. The third kappa shape index (κ3) is 3.73. The highest BCUT2D eigenvalue weighted by molar-refractivity contribution is 5.73. The van der Waals surface area contributed by atoms with Crippen LogP contribution < -0.4 is 5.32 Å². The number of carbonyl (C=O) groups is 1. The standard InChI is InChI=1S/C16H18N2O3/c1-12(18(20)16(19)17-2)15-11-10-14(21-15)9-8-13-6-4-3-5-7-13/h3-12,20H,1-2H3,(H,17,19). The van der Waals surface area contributed by atoms with Crippen LogP contribution in [0.15, 0.2) is 46.9 Å². The molecule has 5 nitrogen and oxygen atoms in total. The highest BCUT2D eigenvalue weighted by atomic mass is 16.5. The van der Waals surface area contributed by atoms with E-state index in [4.69, 9.17) is 4.42 Å². The summed E-state index contributed by atoms with van der Waals surface area (Å²) in [6.45, 7) is 1.68. The lowest BCUT2D eigenvalue weighted by molar-refractivity contribution is -0.0789. The van der Waals surface area contributed by atoms with Gasteiger partial charge in [0.25, 0.3) is 0 Å². The van der Waals surface area contributed by atoms with Gasteiger partial charge in [-0.15, -0.1) is 0 Å². The highest BCUT2D eigenvalue weighted by Gasteiger charge is 2.21. The molecular formula is C16H18N2O3. The molecule has 0 aliphatic rings. The number of hydrogen-bond acceptors (Lipinski definition) is 3. The zero-order valence-electron chi connectivity index (χ0n) is 12.0. The zero-order chi connectivity index (χ0) is 15.2. The number of urea groups is 1. The van der Waals surface area contributed by atoms with Crippen molar-refractivity contribution in [1.82, 2.24) is 10.4 Å². The lowest BCUT2D eigenvalue weighted by atomic mass is 10.2. The minimum Gasteiger partial charge on any atom is -0.459 e.